The van der Waals surface area contributed by atoms with Crippen LogP contribution in [0.4, 0.5) is 4.79 Å². The number of methoxy groups -OCH3 is 1. The first kappa shape index (κ1) is 25.7. The number of benzene rings is 3. The number of rotatable bonds is 7. The topological polar surface area (TPSA) is 74.3 Å². The molecule has 0 radical (unpaired) electrons. The van der Waals surface area contributed by atoms with Crippen LogP contribution in [0.3, 0.4) is 0 Å². The van der Waals surface area contributed by atoms with Gasteiger partial charge in [0, 0.05) is 11.1 Å². The second-order valence-electron chi connectivity index (χ2n) is 8.37. The van der Waals surface area contributed by atoms with Gasteiger partial charge in [-0.15, -0.1) is 0 Å². The van der Waals surface area contributed by atoms with Crippen LogP contribution in [0, 0.1) is 10.5 Å². The van der Waals surface area contributed by atoms with Crippen molar-refractivity contribution < 1.29 is 28.5 Å². The molecule has 2 aliphatic rings. The van der Waals surface area contributed by atoms with Gasteiger partial charge in [0.1, 0.15) is 6.61 Å². The molecule has 5 rings (SSSR count). The van der Waals surface area contributed by atoms with E-state index in [0.717, 1.165) is 26.5 Å². The van der Waals surface area contributed by atoms with Crippen molar-refractivity contribution in [3.63, 3.8) is 0 Å². The molecule has 0 saturated carbocycles. The van der Waals surface area contributed by atoms with Crippen molar-refractivity contribution in [3.05, 3.63) is 84.3 Å². The second-order valence-corrected chi connectivity index (χ2v) is 10.9. The summed E-state index contributed by atoms with van der Waals surface area (Å²) in [6.07, 6.45) is 1.68. The quantitative estimate of drug-likeness (QED) is 0.206. The Hall–Kier alpha value is -2.89. The number of aryl methyl sites for hydroxylation is 1. The molecule has 0 aliphatic carbocycles. The first-order valence-electron chi connectivity index (χ1n) is 11.2. The lowest BCUT2D eigenvalue weighted by Crippen LogP contribution is -2.27. The maximum atomic E-state index is 13.1. The highest BCUT2D eigenvalue weighted by atomic mass is 127. The molecule has 2 amide bonds. The highest BCUT2D eigenvalue weighted by Crippen LogP contribution is 2.40. The fourth-order valence-electron chi connectivity index (χ4n) is 3.84. The van der Waals surface area contributed by atoms with Crippen LogP contribution in [-0.2, 0) is 17.9 Å². The molecule has 1 fully saturated rings. The third-order valence-electron chi connectivity index (χ3n) is 5.80. The molecule has 10 heteroatoms. The molecular weight excluding hydrogens is 629 g/mol. The normalized spacial score (nSPS) is 15.6. The molecule has 2 heterocycles. The van der Waals surface area contributed by atoms with Crippen molar-refractivity contribution in [2.24, 2.45) is 0 Å². The van der Waals surface area contributed by atoms with Crippen molar-refractivity contribution in [1.29, 1.82) is 0 Å². The Morgan fingerprint density at radius 1 is 1.11 bits per heavy atom. The molecule has 37 heavy (non-hydrogen) atoms. The molecule has 7 nitrogen and oxygen atoms in total. The van der Waals surface area contributed by atoms with Gasteiger partial charge in [-0.2, -0.15) is 0 Å². The minimum absolute atomic E-state index is 0.0319. The molecule has 0 spiro atoms. The van der Waals surface area contributed by atoms with Crippen LogP contribution in [0.5, 0.6) is 23.0 Å². The van der Waals surface area contributed by atoms with Gasteiger partial charge in [0.25, 0.3) is 11.1 Å². The molecule has 3 aromatic rings. The molecule has 0 unspecified atom stereocenters. The van der Waals surface area contributed by atoms with Crippen LogP contribution in [-0.4, -0.2) is 29.9 Å². The van der Waals surface area contributed by atoms with Gasteiger partial charge in [-0.3, -0.25) is 14.5 Å². The summed E-state index contributed by atoms with van der Waals surface area (Å²) in [5, 5.41) is 0.0255. The molecule has 2 aliphatic heterocycles. The zero-order chi connectivity index (χ0) is 26.1. The van der Waals surface area contributed by atoms with Crippen LogP contribution < -0.4 is 18.9 Å². The number of halogens is 2. The van der Waals surface area contributed by atoms with Crippen LogP contribution in [0.1, 0.15) is 22.3 Å². The predicted octanol–water partition coefficient (Wildman–Crippen LogP) is 6.81. The van der Waals surface area contributed by atoms with Crippen LogP contribution in [0.2, 0.25) is 5.02 Å². The minimum Gasteiger partial charge on any atom is -0.493 e. The van der Waals surface area contributed by atoms with E-state index >= 15 is 0 Å². The predicted molar refractivity (Wildman–Crippen MR) is 150 cm³/mol. The Labute approximate surface area is 236 Å². The largest absolute Gasteiger partial charge is 0.493 e. The Morgan fingerprint density at radius 2 is 1.84 bits per heavy atom. The Morgan fingerprint density at radius 3 is 2.57 bits per heavy atom. The lowest BCUT2D eigenvalue weighted by molar-refractivity contribution is -0.123. The number of imide groups is 1. The van der Waals surface area contributed by atoms with Gasteiger partial charge in [0.05, 0.1) is 22.1 Å². The van der Waals surface area contributed by atoms with E-state index in [4.69, 9.17) is 30.5 Å². The molecule has 0 aromatic heterocycles. The van der Waals surface area contributed by atoms with E-state index in [1.165, 1.54) is 10.5 Å². The smallest absolute Gasteiger partial charge is 0.293 e. The summed E-state index contributed by atoms with van der Waals surface area (Å²) in [7, 11) is 1.57. The molecular formula is C27H21ClINO6S. The van der Waals surface area contributed by atoms with Crippen molar-refractivity contribution in [2.75, 3.05) is 13.9 Å². The number of ether oxygens (including phenoxy) is 4. The first-order chi connectivity index (χ1) is 17.8. The fraction of sp³-hybridized carbons (Fsp3) is 0.185. The molecule has 1 saturated heterocycles. The van der Waals surface area contributed by atoms with Crippen LogP contribution in [0.25, 0.3) is 6.08 Å². The number of hydrogen-bond donors (Lipinski definition) is 0. The monoisotopic (exact) mass is 649 g/mol. The number of hydrogen-bond acceptors (Lipinski definition) is 7. The highest BCUT2D eigenvalue weighted by Gasteiger charge is 2.36. The summed E-state index contributed by atoms with van der Waals surface area (Å²) in [4.78, 5) is 27.3. The van der Waals surface area contributed by atoms with E-state index < -0.39 is 5.91 Å². The van der Waals surface area contributed by atoms with E-state index in [-0.39, 0.29) is 18.6 Å². The van der Waals surface area contributed by atoms with E-state index in [1.54, 1.807) is 31.4 Å². The molecule has 3 aromatic carbocycles. The minimum atomic E-state index is -0.391. The molecule has 0 N–H and O–H groups in total. The lowest BCUT2D eigenvalue weighted by atomic mass is 10.1. The van der Waals surface area contributed by atoms with E-state index in [2.05, 4.69) is 22.6 Å². The summed E-state index contributed by atoms with van der Waals surface area (Å²) in [5.41, 5.74) is 3.55. The van der Waals surface area contributed by atoms with Gasteiger partial charge >= 0.3 is 0 Å². The Bertz CT molecular complexity index is 1430. The standard InChI is InChI=1S/C27H21ClINO6S/c1-15-3-5-16(6-4-15)13-34-25-20(29)7-17(8-23(25)33-2)9-24-26(31)30(27(32)37-24)12-18-10-21-22(11-19(18)28)36-14-35-21/h3-11H,12-14H2,1-2H3/b24-9-. The van der Waals surface area contributed by atoms with E-state index in [9.17, 15) is 9.59 Å². The number of amides is 2. The Kier molecular flexibility index (Phi) is 7.55. The Balaban J connectivity index is 1.34. The number of nitrogens with zero attached hydrogens (tertiary/aromatic N) is 1. The van der Waals surface area contributed by atoms with Gasteiger partial charge in [-0.25, -0.2) is 0 Å². The zero-order valence-corrected chi connectivity index (χ0v) is 23.6. The zero-order valence-electron chi connectivity index (χ0n) is 19.9. The summed E-state index contributed by atoms with van der Waals surface area (Å²) in [5.74, 6) is 1.84. The van der Waals surface area contributed by atoms with Crippen molar-refractivity contribution in [2.45, 2.75) is 20.1 Å². The van der Waals surface area contributed by atoms with Gasteiger partial charge in [0.2, 0.25) is 6.79 Å². The first-order valence-corrected chi connectivity index (χ1v) is 13.5. The maximum absolute atomic E-state index is 13.1. The van der Waals surface area contributed by atoms with Gasteiger partial charge < -0.3 is 18.9 Å². The molecule has 190 valence electrons. The third kappa shape index (κ3) is 5.53. The second kappa shape index (κ2) is 10.8. The van der Waals surface area contributed by atoms with Crippen LogP contribution >= 0.6 is 46.0 Å². The molecule has 0 atom stereocenters. The average Bonchev–Trinajstić information content (AvgIpc) is 3.43. The number of carbonyl (C=O) groups is 2. The SMILES string of the molecule is COc1cc(/C=C2\SC(=O)N(Cc3cc4c(cc3Cl)OCO4)C2=O)cc(I)c1OCc1ccc(C)cc1. The number of thioether (sulfide) groups is 1. The summed E-state index contributed by atoms with van der Waals surface area (Å²) < 4.78 is 23.2. The number of carbonyl (C=O) groups excluding carboxylic acids is 2. The maximum Gasteiger partial charge on any atom is 0.293 e. The van der Waals surface area contributed by atoms with Gasteiger partial charge in [0.15, 0.2) is 23.0 Å². The summed E-state index contributed by atoms with van der Waals surface area (Å²) in [6.45, 7) is 2.57. The van der Waals surface area contributed by atoms with E-state index in [0.29, 0.717) is 45.1 Å². The molecule has 0 bridgehead atoms. The van der Waals surface area contributed by atoms with E-state index in [1.807, 2.05) is 37.3 Å². The van der Waals surface area contributed by atoms with Crippen molar-refractivity contribution in [3.8, 4) is 23.0 Å². The van der Waals surface area contributed by atoms with Gasteiger partial charge in [-0.05, 0) is 82.2 Å². The fourth-order valence-corrected chi connectivity index (χ4v) is 5.67. The summed E-state index contributed by atoms with van der Waals surface area (Å²) >= 11 is 9.41. The van der Waals surface area contributed by atoms with Gasteiger partial charge in [-0.1, -0.05) is 41.4 Å². The summed E-state index contributed by atoms with van der Waals surface area (Å²) in [6, 6.07) is 15.1. The van der Waals surface area contributed by atoms with Crippen molar-refractivity contribution in [1.82, 2.24) is 4.90 Å². The average molecular weight is 650 g/mol. The van der Waals surface area contributed by atoms with Crippen LogP contribution in [0.15, 0.2) is 53.4 Å². The number of fused-ring (bicyclic) bond motifs is 1. The third-order valence-corrected chi connectivity index (χ3v) is 7.86. The highest BCUT2D eigenvalue weighted by molar-refractivity contribution is 14.1. The van der Waals surface area contributed by atoms with Crippen molar-refractivity contribution >= 4 is 63.2 Å². The lowest BCUT2D eigenvalue weighted by Gasteiger charge is -2.14.